The van der Waals surface area contributed by atoms with E-state index in [0.717, 1.165) is 30.2 Å². The van der Waals surface area contributed by atoms with Crippen molar-refractivity contribution in [3.63, 3.8) is 0 Å². The van der Waals surface area contributed by atoms with Gasteiger partial charge in [-0.15, -0.1) is 0 Å². The summed E-state index contributed by atoms with van der Waals surface area (Å²) in [6, 6.07) is 12.2. The highest BCUT2D eigenvalue weighted by Crippen LogP contribution is 2.22. The van der Waals surface area contributed by atoms with Gasteiger partial charge in [0.2, 0.25) is 0 Å². The van der Waals surface area contributed by atoms with E-state index in [9.17, 15) is 0 Å². The van der Waals surface area contributed by atoms with Crippen LogP contribution in [-0.4, -0.2) is 25.7 Å². The average molecular weight is 257 g/mol. The fourth-order valence-corrected chi connectivity index (χ4v) is 1.87. The number of benzene rings is 1. The highest BCUT2D eigenvalue weighted by atomic mass is 16.5. The molecule has 0 fully saturated rings. The molecule has 0 radical (unpaired) electrons. The summed E-state index contributed by atoms with van der Waals surface area (Å²) >= 11 is 0. The summed E-state index contributed by atoms with van der Waals surface area (Å²) in [6.45, 7) is 0.719. The van der Waals surface area contributed by atoms with Crippen molar-refractivity contribution in [2.45, 2.75) is 6.42 Å². The smallest absolute Gasteiger partial charge is 0.127 e. The van der Waals surface area contributed by atoms with E-state index in [1.165, 1.54) is 5.56 Å². The minimum atomic E-state index is 0.719. The lowest BCUT2D eigenvalue weighted by Crippen LogP contribution is -2.00. The van der Waals surface area contributed by atoms with Gasteiger partial charge in [-0.2, -0.15) is 0 Å². The second-order valence-corrected chi connectivity index (χ2v) is 4.20. The first-order valence-electron chi connectivity index (χ1n) is 6.31. The van der Waals surface area contributed by atoms with Crippen LogP contribution in [-0.2, 0) is 11.2 Å². The van der Waals surface area contributed by atoms with Crippen LogP contribution < -0.4 is 10.6 Å². The monoisotopic (exact) mass is 257 g/mol. The fourth-order valence-electron chi connectivity index (χ4n) is 1.87. The van der Waals surface area contributed by atoms with Crippen LogP contribution in [0.5, 0.6) is 0 Å². The van der Waals surface area contributed by atoms with Crippen molar-refractivity contribution in [2.24, 2.45) is 0 Å². The zero-order valence-electron chi connectivity index (χ0n) is 11.3. The molecule has 2 aromatic rings. The van der Waals surface area contributed by atoms with E-state index >= 15 is 0 Å². The lowest BCUT2D eigenvalue weighted by Gasteiger charge is -2.12. The predicted molar refractivity (Wildman–Crippen MR) is 79.1 cm³/mol. The number of hydrogen-bond acceptors (Lipinski definition) is 4. The summed E-state index contributed by atoms with van der Waals surface area (Å²) in [5.41, 5.74) is 3.36. The molecule has 0 bridgehead atoms. The van der Waals surface area contributed by atoms with Crippen molar-refractivity contribution in [1.82, 2.24) is 4.98 Å². The van der Waals surface area contributed by atoms with Crippen molar-refractivity contribution in [2.75, 3.05) is 31.4 Å². The van der Waals surface area contributed by atoms with Crippen LogP contribution >= 0.6 is 0 Å². The van der Waals surface area contributed by atoms with Crippen LogP contribution in [0.25, 0.3) is 0 Å². The first kappa shape index (κ1) is 13.4. The number of anilines is 3. The Morgan fingerprint density at radius 2 is 2.05 bits per heavy atom. The molecular formula is C15H19N3O. The third-order valence-electron chi connectivity index (χ3n) is 2.89. The van der Waals surface area contributed by atoms with Gasteiger partial charge in [0.05, 0.1) is 6.61 Å². The summed E-state index contributed by atoms with van der Waals surface area (Å²) in [5, 5.41) is 6.45. The Hall–Kier alpha value is -2.07. The highest BCUT2D eigenvalue weighted by Gasteiger charge is 2.02. The Morgan fingerprint density at radius 3 is 2.84 bits per heavy atom. The van der Waals surface area contributed by atoms with Gasteiger partial charge in [0.1, 0.15) is 5.82 Å². The third-order valence-corrected chi connectivity index (χ3v) is 2.89. The lowest BCUT2D eigenvalue weighted by atomic mass is 10.1. The molecule has 0 saturated heterocycles. The van der Waals surface area contributed by atoms with Crippen LogP contribution in [0.15, 0.2) is 42.6 Å². The van der Waals surface area contributed by atoms with Crippen LogP contribution in [0.3, 0.4) is 0 Å². The molecule has 0 unspecified atom stereocenters. The maximum absolute atomic E-state index is 5.14. The summed E-state index contributed by atoms with van der Waals surface area (Å²) in [4.78, 5) is 4.20. The molecule has 1 heterocycles. The Morgan fingerprint density at radius 1 is 1.21 bits per heavy atom. The van der Waals surface area contributed by atoms with E-state index < -0.39 is 0 Å². The second kappa shape index (κ2) is 6.75. The van der Waals surface area contributed by atoms with Gasteiger partial charge < -0.3 is 15.4 Å². The quantitative estimate of drug-likeness (QED) is 0.835. The molecule has 2 N–H and O–H groups in total. The standard InChI is InChI=1S/C15H19N3O/c1-16-15-11-13(7-9-17-15)18-14-6-4-3-5-12(14)8-10-19-2/h3-7,9,11H,8,10H2,1-2H3,(H2,16,17,18). The Bertz CT molecular complexity index is 528. The molecule has 0 aliphatic carbocycles. The van der Waals surface area contributed by atoms with E-state index in [0.29, 0.717) is 0 Å². The van der Waals surface area contributed by atoms with Crippen molar-refractivity contribution >= 4 is 17.2 Å². The second-order valence-electron chi connectivity index (χ2n) is 4.20. The van der Waals surface area contributed by atoms with Gasteiger partial charge in [-0.1, -0.05) is 18.2 Å². The zero-order valence-corrected chi connectivity index (χ0v) is 11.3. The number of methoxy groups -OCH3 is 1. The fraction of sp³-hybridized carbons (Fsp3) is 0.267. The predicted octanol–water partition coefficient (Wildman–Crippen LogP) is 3.06. The molecule has 0 amide bonds. The van der Waals surface area contributed by atoms with Crippen molar-refractivity contribution < 1.29 is 4.74 Å². The minimum absolute atomic E-state index is 0.719. The molecule has 0 spiro atoms. The number of rotatable bonds is 6. The van der Waals surface area contributed by atoms with Gasteiger partial charge >= 0.3 is 0 Å². The van der Waals surface area contributed by atoms with Crippen molar-refractivity contribution in [1.29, 1.82) is 0 Å². The number of nitrogens with zero attached hydrogens (tertiary/aromatic N) is 1. The molecule has 19 heavy (non-hydrogen) atoms. The summed E-state index contributed by atoms with van der Waals surface area (Å²) < 4.78 is 5.14. The van der Waals surface area contributed by atoms with E-state index in [-0.39, 0.29) is 0 Å². The van der Waals surface area contributed by atoms with Gasteiger partial charge in [-0.05, 0) is 24.1 Å². The van der Waals surface area contributed by atoms with Gasteiger partial charge in [0.15, 0.2) is 0 Å². The molecule has 4 heteroatoms. The average Bonchev–Trinajstić information content (AvgIpc) is 2.46. The summed E-state index contributed by atoms with van der Waals surface area (Å²) in [5.74, 6) is 0.847. The molecule has 0 atom stereocenters. The lowest BCUT2D eigenvalue weighted by molar-refractivity contribution is 0.202. The minimum Gasteiger partial charge on any atom is -0.384 e. The van der Waals surface area contributed by atoms with Gasteiger partial charge in [-0.3, -0.25) is 0 Å². The number of aromatic nitrogens is 1. The summed E-state index contributed by atoms with van der Waals surface area (Å²) in [7, 11) is 3.58. The normalized spacial score (nSPS) is 10.2. The maximum Gasteiger partial charge on any atom is 0.127 e. The van der Waals surface area contributed by atoms with E-state index in [4.69, 9.17) is 4.74 Å². The number of para-hydroxylation sites is 1. The first-order chi connectivity index (χ1) is 9.33. The Labute approximate surface area is 113 Å². The van der Waals surface area contributed by atoms with Gasteiger partial charge in [0.25, 0.3) is 0 Å². The molecule has 0 aliphatic rings. The van der Waals surface area contributed by atoms with E-state index in [1.54, 1.807) is 13.3 Å². The Kier molecular flexibility index (Phi) is 4.75. The molecule has 1 aromatic heterocycles. The topological polar surface area (TPSA) is 46.2 Å². The number of pyridine rings is 1. The number of ether oxygens (including phenoxy) is 1. The van der Waals surface area contributed by atoms with Crippen molar-refractivity contribution in [3.05, 3.63) is 48.2 Å². The van der Waals surface area contributed by atoms with Crippen LogP contribution in [0.2, 0.25) is 0 Å². The van der Waals surface area contributed by atoms with Crippen LogP contribution in [0.4, 0.5) is 17.2 Å². The third kappa shape index (κ3) is 3.69. The van der Waals surface area contributed by atoms with E-state index in [2.05, 4.69) is 27.8 Å². The van der Waals surface area contributed by atoms with Gasteiger partial charge in [0, 0.05) is 37.8 Å². The molecule has 0 aliphatic heterocycles. The molecule has 0 saturated carbocycles. The van der Waals surface area contributed by atoms with E-state index in [1.807, 2.05) is 31.3 Å². The van der Waals surface area contributed by atoms with Crippen LogP contribution in [0, 0.1) is 0 Å². The SMILES string of the molecule is CNc1cc(Nc2ccccc2CCOC)ccn1. The molecular weight excluding hydrogens is 238 g/mol. The largest absolute Gasteiger partial charge is 0.384 e. The molecule has 4 nitrogen and oxygen atoms in total. The number of nitrogens with one attached hydrogen (secondary N) is 2. The molecule has 1 aromatic carbocycles. The highest BCUT2D eigenvalue weighted by molar-refractivity contribution is 5.65. The van der Waals surface area contributed by atoms with Crippen molar-refractivity contribution in [3.8, 4) is 0 Å². The molecule has 100 valence electrons. The zero-order chi connectivity index (χ0) is 13.5. The number of hydrogen-bond donors (Lipinski definition) is 2. The van der Waals surface area contributed by atoms with Gasteiger partial charge in [-0.25, -0.2) is 4.98 Å². The maximum atomic E-state index is 5.14. The molecule has 2 rings (SSSR count). The first-order valence-corrected chi connectivity index (χ1v) is 6.31. The summed E-state index contributed by atoms with van der Waals surface area (Å²) in [6.07, 6.45) is 2.68. The Balaban J connectivity index is 2.17. The van der Waals surface area contributed by atoms with Crippen LogP contribution in [0.1, 0.15) is 5.56 Å².